The standard InChI is InChI=1S/C16H28N4/c1-14(2)15(3)17-8-9-19-10-12-20(13-11-19)16-6-4-5-7-18-16/h4-7,14-15,17H,8-13H2,1-3H3. The lowest BCUT2D eigenvalue weighted by Gasteiger charge is -2.35. The summed E-state index contributed by atoms with van der Waals surface area (Å²) in [7, 11) is 0. The number of hydrogen-bond acceptors (Lipinski definition) is 4. The van der Waals surface area contributed by atoms with E-state index < -0.39 is 0 Å². The fourth-order valence-corrected chi connectivity index (χ4v) is 2.43. The van der Waals surface area contributed by atoms with Crippen molar-refractivity contribution in [3.63, 3.8) is 0 Å². The molecule has 112 valence electrons. The highest BCUT2D eigenvalue weighted by molar-refractivity contribution is 5.38. The summed E-state index contributed by atoms with van der Waals surface area (Å²) in [6.07, 6.45) is 1.87. The van der Waals surface area contributed by atoms with E-state index in [1.54, 1.807) is 0 Å². The third-order valence-electron chi connectivity index (χ3n) is 4.24. The molecule has 0 saturated carbocycles. The number of hydrogen-bond donors (Lipinski definition) is 1. The summed E-state index contributed by atoms with van der Waals surface area (Å²) in [5, 5.41) is 3.60. The number of anilines is 1. The smallest absolute Gasteiger partial charge is 0.128 e. The first-order chi connectivity index (χ1) is 9.66. The highest BCUT2D eigenvalue weighted by Crippen LogP contribution is 2.12. The Morgan fingerprint density at radius 2 is 1.90 bits per heavy atom. The molecule has 1 aliphatic heterocycles. The van der Waals surface area contributed by atoms with Gasteiger partial charge in [0, 0.05) is 51.5 Å². The van der Waals surface area contributed by atoms with Gasteiger partial charge in [0.1, 0.15) is 5.82 Å². The van der Waals surface area contributed by atoms with Crippen LogP contribution in [0.2, 0.25) is 0 Å². The molecule has 4 nitrogen and oxygen atoms in total. The van der Waals surface area contributed by atoms with Crippen LogP contribution in [0, 0.1) is 5.92 Å². The van der Waals surface area contributed by atoms with E-state index in [4.69, 9.17) is 0 Å². The Bertz CT molecular complexity index is 371. The van der Waals surface area contributed by atoms with Gasteiger partial charge in [0.05, 0.1) is 0 Å². The summed E-state index contributed by atoms with van der Waals surface area (Å²) in [5.74, 6) is 1.81. The lowest BCUT2D eigenvalue weighted by atomic mass is 10.1. The van der Waals surface area contributed by atoms with Crippen LogP contribution in [-0.2, 0) is 0 Å². The molecule has 1 unspecified atom stereocenters. The quantitative estimate of drug-likeness (QED) is 0.859. The van der Waals surface area contributed by atoms with E-state index in [1.165, 1.54) is 0 Å². The highest BCUT2D eigenvalue weighted by Gasteiger charge is 2.17. The summed E-state index contributed by atoms with van der Waals surface area (Å²) >= 11 is 0. The van der Waals surface area contributed by atoms with Gasteiger partial charge in [-0.3, -0.25) is 4.90 Å². The van der Waals surface area contributed by atoms with E-state index in [2.05, 4.69) is 53.0 Å². The van der Waals surface area contributed by atoms with Gasteiger partial charge in [-0.05, 0) is 25.0 Å². The van der Waals surface area contributed by atoms with Gasteiger partial charge in [0.15, 0.2) is 0 Å². The third kappa shape index (κ3) is 4.46. The van der Waals surface area contributed by atoms with Crippen molar-refractivity contribution < 1.29 is 0 Å². The van der Waals surface area contributed by atoms with Gasteiger partial charge in [-0.1, -0.05) is 19.9 Å². The van der Waals surface area contributed by atoms with E-state index in [-0.39, 0.29) is 0 Å². The molecule has 1 N–H and O–H groups in total. The first-order valence-corrected chi connectivity index (χ1v) is 7.78. The Balaban J connectivity index is 1.67. The molecule has 0 aromatic carbocycles. The van der Waals surface area contributed by atoms with E-state index in [0.717, 1.165) is 45.1 Å². The second-order valence-electron chi connectivity index (χ2n) is 6.00. The second kappa shape index (κ2) is 7.60. The number of aromatic nitrogens is 1. The summed E-state index contributed by atoms with van der Waals surface area (Å²) in [6.45, 7) is 13.5. The average Bonchev–Trinajstić information content (AvgIpc) is 2.48. The second-order valence-corrected chi connectivity index (χ2v) is 6.00. The van der Waals surface area contributed by atoms with Crippen LogP contribution in [0.5, 0.6) is 0 Å². The number of nitrogens with zero attached hydrogens (tertiary/aromatic N) is 3. The SMILES string of the molecule is CC(C)C(C)NCCN1CCN(c2ccccn2)CC1. The zero-order valence-electron chi connectivity index (χ0n) is 13.0. The predicted molar refractivity (Wildman–Crippen MR) is 85.2 cm³/mol. The van der Waals surface area contributed by atoms with Crippen molar-refractivity contribution in [3.05, 3.63) is 24.4 Å². The molecule has 0 amide bonds. The summed E-state index contributed by atoms with van der Waals surface area (Å²) < 4.78 is 0. The average molecular weight is 276 g/mol. The third-order valence-corrected chi connectivity index (χ3v) is 4.24. The molecule has 1 aromatic heterocycles. The van der Waals surface area contributed by atoms with Crippen LogP contribution in [0.1, 0.15) is 20.8 Å². The Morgan fingerprint density at radius 1 is 1.15 bits per heavy atom. The zero-order valence-corrected chi connectivity index (χ0v) is 13.0. The molecule has 20 heavy (non-hydrogen) atoms. The summed E-state index contributed by atoms with van der Waals surface area (Å²) in [6, 6.07) is 6.74. The predicted octanol–water partition coefficient (Wildman–Crippen LogP) is 1.84. The Labute approximate surface area is 123 Å². The molecule has 0 radical (unpaired) electrons. The van der Waals surface area contributed by atoms with Crippen LogP contribution in [0.3, 0.4) is 0 Å². The van der Waals surface area contributed by atoms with Crippen molar-refractivity contribution in [2.45, 2.75) is 26.8 Å². The lowest BCUT2D eigenvalue weighted by molar-refractivity contribution is 0.250. The number of pyridine rings is 1. The van der Waals surface area contributed by atoms with Crippen LogP contribution in [0.4, 0.5) is 5.82 Å². The maximum atomic E-state index is 4.43. The molecule has 1 fully saturated rings. The molecule has 0 aliphatic carbocycles. The highest BCUT2D eigenvalue weighted by atomic mass is 15.3. The number of rotatable bonds is 6. The normalized spacial score (nSPS) is 18.5. The van der Waals surface area contributed by atoms with Crippen LogP contribution < -0.4 is 10.2 Å². The van der Waals surface area contributed by atoms with E-state index >= 15 is 0 Å². The van der Waals surface area contributed by atoms with Gasteiger partial charge in [-0.15, -0.1) is 0 Å². The molecule has 1 aliphatic rings. The maximum absolute atomic E-state index is 4.43. The van der Waals surface area contributed by atoms with Crippen LogP contribution in [0.15, 0.2) is 24.4 Å². The molecule has 0 bridgehead atoms. The largest absolute Gasteiger partial charge is 0.354 e. The van der Waals surface area contributed by atoms with Crippen LogP contribution in [0.25, 0.3) is 0 Å². The fourth-order valence-electron chi connectivity index (χ4n) is 2.43. The Kier molecular flexibility index (Phi) is 5.80. The number of nitrogens with one attached hydrogen (secondary N) is 1. The van der Waals surface area contributed by atoms with Gasteiger partial charge in [0.2, 0.25) is 0 Å². The summed E-state index contributed by atoms with van der Waals surface area (Å²) in [4.78, 5) is 9.34. The molecule has 1 saturated heterocycles. The molecule has 4 heteroatoms. The molecule has 0 spiro atoms. The first kappa shape index (κ1) is 15.3. The molecule has 2 rings (SSSR count). The van der Waals surface area contributed by atoms with Crippen molar-refractivity contribution in [3.8, 4) is 0 Å². The molecular weight excluding hydrogens is 248 g/mol. The van der Waals surface area contributed by atoms with Gasteiger partial charge in [-0.25, -0.2) is 4.98 Å². The topological polar surface area (TPSA) is 31.4 Å². The van der Waals surface area contributed by atoms with E-state index in [0.29, 0.717) is 12.0 Å². The molecule has 2 heterocycles. The van der Waals surface area contributed by atoms with Crippen molar-refractivity contribution in [2.75, 3.05) is 44.2 Å². The lowest BCUT2D eigenvalue weighted by Crippen LogP contribution is -2.49. The van der Waals surface area contributed by atoms with Crippen LogP contribution >= 0.6 is 0 Å². The van der Waals surface area contributed by atoms with Gasteiger partial charge < -0.3 is 10.2 Å². The van der Waals surface area contributed by atoms with Crippen molar-refractivity contribution in [1.82, 2.24) is 15.2 Å². The van der Waals surface area contributed by atoms with Crippen LogP contribution in [-0.4, -0.2) is 55.2 Å². The minimum atomic E-state index is 0.602. The van der Waals surface area contributed by atoms with Crippen molar-refractivity contribution in [2.24, 2.45) is 5.92 Å². The first-order valence-electron chi connectivity index (χ1n) is 7.78. The Hall–Kier alpha value is -1.13. The number of piperazine rings is 1. The molecule has 1 atom stereocenters. The molecule has 1 aromatic rings. The van der Waals surface area contributed by atoms with Gasteiger partial charge >= 0.3 is 0 Å². The van der Waals surface area contributed by atoms with Gasteiger partial charge in [-0.2, -0.15) is 0 Å². The van der Waals surface area contributed by atoms with Crippen molar-refractivity contribution in [1.29, 1.82) is 0 Å². The van der Waals surface area contributed by atoms with Crippen molar-refractivity contribution >= 4 is 5.82 Å². The maximum Gasteiger partial charge on any atom is 0.128 e. The Morgan fingerprint density at radius 3 is 2.50 bits per heavy atom. The fraction of sp³-hybridized carbons (Fsp3) is 0.688. The molecular formula is C16H28N4. The van der Waals surface area contributed by atoms with E-state index in [1.807, 2.05) is 12.3 Å². The monoisotopic (exact) mass is 276 g/mol. The minimum absolute atomic E-state index is 0.602. The van der Waals surface area contributed by atoms with E-state index in [9.17, 15) is 0 Å². The summed E-state index contributed by atoms with van der Waals surface area (Å²) in [5.41, 5.74) is 0. The zero-order chi connectivity index (χ0) is 14.4. The minimum Gasteiger partial charge on any atom is -0.354 e. The van der Waals surface area contributed by atoms with Gasteiger partial charge in [0.25, 0.3) is 0 Å².